The molecule has 0 heterocycles. The normalized spacial score (nSPS) is 15.3. The van der Waals surface area contributed by atoms with E-state index in [0.29, 0.717) is 13.0 Å². The lowest BCUT2D eigenvalue weighted by Gasteiger charge is -2.20. The standard InChI is InChI=1S/C5H13NO4/c6-3-1-2-4(7)5(8,9)10/h4,7-10H,1-3,6H2. The molecule has 0 fully saturated rings. The lowest BCUT2D eigenvalue weighted by molar-refractivity contribution is -0.355. The van der Waals surface area contributed by atoms with Gasteiger partial charge in [-0.2, -0.15) is 0 Å². The molecule has 0 aliphatic heterocycles. The molecule has 10 heavy (non-hydrogen) atoms. The third kappa shape index (κ3) is 3.76. The van der Waals surface area contributed by atoms with Gasteiger partial charge < -0.3 is 26.2 Å². The SMILES string of the molecule is NCCCC(O)C(O)(O)O. The van der Waals surface area contributed by atoms with Gasteiger partial charge in [-0.05, 0) is 19.4 Å². The van der Waals surface area contributed by atoms with Gasteiger partial charge in [-0.15, -0.1) is 0 Å². The van der Waals surface area contributed by atoms with Crippen molar-refractivity contribution < 1.29 is 20.4 Å². The molecule has 0 bridgehead atoms. The van der Waals surface area contributed by atoms with Crippen molar-refractivity contribution in [1.29, 1.82) is 0 Å². The molecule has 0 spiro atoms. The lowest BCUT2D eigenvalue weighted by atomic mass is 10.2. The van der Waals surface area contributed by atoms with Crippen LogP contribution in [0.25, 0.3) is 0 Å². The molecule has 62 valence electrons. The first-order valence-corrected chi connectivity index (χ1v) is 3.03. The van der Waals surface area contributed by atoms with Gasteiger partial charge in [-0.25, -0.2) is 0 Å². The summed E-state index contributed by atoms with van der Waals surface area (Å²) < 4.78 is 0. The maximum Gasteiger partial charge on any atom is 0.302 e. The van der Waals surface area contributed by atoms with Crippen LogP contribution in [-0.2, 0) is 0 Å². The van der Waals surface area contributed by atoms with Crippen LogP contribution in [-0.4, -0.2) is 39.0 Å². The molecule has 0 amide bonds. The van der Waals surface area contributed by atoms with E-state index in [1.165, 1.54) is 0 Å². The van der Waals surface area contributed by atoms with Gasteiger partial charge in [-0.1, -0.05) is 0 Å². The van der Waals surface area contributed by atoms with Gasteiger partial charge >= 0.3 is 5.97 Å². The predicted octanol–water partition coefficient (Wildman–Crippen LogP) is -2.28. The highest BCUT2D eigenvalue weighted by atomic mass is 16.7. The van der Waals surface area contributed by atoms with Gasteiger partial charge in [0.2, 0.25) is 0 Å². The van der Waals surface area contributed by atoms with Crippen molar-refractivity contribution in [1.82, 2.24) is 0 Å². The van der Waals surface area contributed by atoms with Crippen LogP contribution in [0.4, 0.5) is 0 Å². The topological polar surface area (TPSA) is 107 Å². The third-order valence-electron chi connectivity index (χ3n) is 1.13. The van der Waals surface area contributed by atoms with Gasteiger partial charge in [0.25, 0.3) is 0 Å². The molecular formula is C5H13NO4. The summed E-state index contributed by atoms with van der Waals surface area (Å²) in [7, 11) is 0. The Morgan fingerprint density at radius 2 is 1.80 bits per heavy atom. The Hall–Kier alpha value is -0.200. The molecule has 0 saturated carbocycles. The first kappa shape index (κ1) is 9.80. The first-order valence-electron chi connectivity index (χ1n) is 3.03. The highest BCUT2D eigenvalue weighted by Crippen LogP contribution is 2.07. The first-order chi connectivity index (χ1) is 4.48. The van der Waals surface area contributed by atoms with Crippen LogP contribution >= 0.6 is 0 Å². The third-order valence-corrected chi connectivity index (χ3v) is 1.13. The van der Waals surface area contributed by atoms with Crippen molar-refractivity contribution in [2.75, 3.05) is 6.54 Å². The van der Waals surface area contributed by atoms with E-state index in [4.69, 9.17) is 26.2 Å². The number of aliphatic hydroxyl groups is 4. The molecule has 1 unspecified atom stereocenters. The average molecular weight is 151 g/mol. The fourth-order valence-electron chi connectivity index (χ4n) is 0.505. The summed E-state index contributed by atoms with van der Waals surface area (Å²) in [5.74, 6) is -2.99. The maximum atomic E-state index is 8.71. The summed E-state index contributed by atoms with van der Waals surface area (Å²) in [6.45, 7) is 0.340. The molecular weight excluding hydrogens is 138 g/mol. The summed E-state index contributed by atoms with van der Waals surface area (Å²) in [6, 6.07) is 0. The van der Waals surface area contributed by atoms with Gasteiger partial charge in [0, 0.05) is 0 Å². The largest absolute Gasteiger partial charge is 0.385 e. The van der Waals surface area contributed by atoms with E-state index >= 15 is 0 Å². The zero-order chi connectivity index (χ0) is 8.20. The highest BCUT2D eigenvalue weighted by molar-refractivity contribution is 4.62. The predicted molar refractivity (Wildman–Crippen MR) is 33.7 cm³/mol. The van der Waals surface area contributed by atoms with E-state index < -0.39 is 12.1 Å². The Kier molecular flexibility index (Phi) is 3.77. The molecule has 5 nitrogen and oxygen atoms in total. The Bertz CT molecular complexity index is 90.1. The summed E-state index contributed by atoms with van der Waals surface area (Å²) in [6.07, 6.45) is -1.04. The number of rotatable bonds is 4. The number of hydrogen-bond acceptors (Lipinski definition) is 5. The average Bonchev–Trinajstić information content (AvgIpc) is 1.80. The summed E-state index contributed by atoms with van der Waals surface area (Å²) in [4.78, 5) is 0. The monoisotopic (exact) mass is 151 g/mol. The van der Waals surface area contributed by atoms with E-state index in [0.717, 1.165) is 0 Å². The van der Waals surface area contributed by atoms with Crippen molar-refractivity contribution in [2.24, 2.45) is 5.73 Å². The summed E-state index contributed by atoms with van der Waals surface area (Å²) in [5.41, 5.74) is 5.06. The summed E-state index contributed by atoms with van der Waals surface area (Å²) in [5, 5.41) is 33.7. The van der Waals surface area contributed by atoms with Crippen molar-refractivity contribution in [3.8, 4) is 0 Å². The molecule has 0 aliphatic rings. The van der Waals surface area contributed by atoms with Crippen molar-refractivity contribution in [3.63, 3.8) is 0 Å². The van der Waals surface area contributed by atoms with Crippen molar-refractivity contribution in [2.45, 2.75) is 24.9 Å². The van der Waals surface area contributed by atoms with Crippen molar-refractivity contribution >= 4 is 0 Å². The van der Waals surface area contributed by atoms with Crippen molar-refractivity contribution in [3.05, 3.63) is 0 Å². The van der Waals surface area contributed by atoms with Gasteiger partial charge in [0.15, 0.2) is 0 Å². The highest BCUT2D eigenvalue weighted by Gasteiger charge is 2.29. The molecule has 1 atom stereocenters. The number of nitrogens with two attached hydrogens (primary N) is 1. The molecule has 0 aromatic carbocycles. The van der Waals surface area contributed by atoms with E-state index in [9.17, 15) is 0 Å². The minimum atomic E-state index is -2.99. The van der Waals surface area contributed by atoms with Gasteiger partial charge in [0.05, 0.1) is 0 Å². The smallest absolute Gasteiger partial charge is 0.302 e. The van der Waals surface area contributed by atoms with Crippen LogP contribution < -0.4 is 5.73 Å². The zero-order valence-electron chi connectivity index (χ0n) is 5.56. The van der Waals surface area contributed by atoms with E-state index in [2.05, 4.69) is 0 Å². The fourth-order valence-corrected chi connectivity index (χ4v) is 0.505. The molecule has 0 saturated heterocycles. The summed E-state index contributed by atoms with van der Waals surface area (Å²) >= 11 is 0. The van der Waals surface area contributed by atoms with Crippen LogP contribution in [0.15, 0.2) is 0 Å². The quantitative estimate of drug-likeness (QED) is 0.291. The number of hydrogen-bond donors (Lipinski definition) is 5. The van der Waals surface area contributed by atoms with Gasteiger partial charge in [-0.3, -0.25) is 0 Å². The second-order valence-electron chi connectivity index (χ2n) is 2.13. The zero-order valence-corrected chi connectivity index (χ0v) is 5.56. The number of aliphatic hydroxyl groups excluding tert-OH is 1. The Balaban J connectivity index is 3.52. The lowest BCUT2D eigenvalue weighted by Crippen LogP contribution is -2.41. The van der Waals surface area contributed by atoms with E-state index in [1.807, 2.05) is 0 Å². The fraction of sp³-hybridized carbons (Fsp3) is 1.00. The minimum Gasteiger partial charge on any atom is -0.385 e. The van der Waals surface area contributed by atoms with Crippen LogP contribution in [0, 0.1) is 0 Å². The van der Waals surface area contributed by atoms with E-state index in [1.54, 1.807) is 0 Å². The second kappa shape index (κ2) is 3.85. The molecule has 0 aliphatic carbocycles. The minimum absolute atomic E-state index is 0.0694. The maximum absolute atomic E-state index is 8.71. The Morgan fingerprint density at radius 1 is 1.30 bits per heavy atom. The molecule has 5 heteroatoms. The second-order valence-corrected chi connectivity index (χ2v) is 2.13. The van der Waals surface area contributed by atoms with Crippen LogP contribution in [0.3, 0.4) is 0 Å². The van der Waals surface area contributed by atoms with E-state index in [-0.39, 0.29) is 6.42 Å². The molecule has 0 aromatic heterocycles. The van der Waals surface area contributed by atoms with Gasteiger partial charge in [0.1, 0.15) is 6.10 Å². The molecule has 0 aromatic rings. The van der Waals surface area contributed by atoms with Crippen LogP contribution in [0.5, 0.6) is 0 Å². The molecule has 6 N–H and O–H groups in total. The van der Waals surface area contributed by atoms with Crippen LogP contribution in [0.1, 0.15) is 12.8 Å². The molecule has 0 rings (SSSR count). The van der Waals surface area contributed by atoms with Crippen LogP contribution in [0.2, 0.25) is 0 Å². The Labute approximate surface area is 58.7 Å². The molecule has 0 radical (unpaired) electrons. The Morgan fingerprint density at radius 3 is 2.10 bits per heavy atom.